The van der Waals surface area contributed by atoms with Crippen molar-refractivity contribution in [2.24, 2.45) is 5.29 Å². The van der Waals surface area contributed by atoms with E-state index in [1.165, 1.54) is 5.01 Å². The third-order valence-corrected chi connectivity index (χ3v) is 1.59. The van der Waals surface area contributed by atoms with Crippen LogP contribution in [0.4, 0.5) is 5.69 Å². The number of nitroso groups, excluding NO2 is 1. The highest BCUT2D eigenvalue weighted by molar-refractivity contribution is 5.51. The Morgan fingerprint density at radius 2 is 1.77 bits per heavy atom. The highest BCUT2D eigenvalue weighted by Gasteiger charge is 2.00. The number of aryl methyl sites for hydroxylation is 1. The van der Waals surface area contributed by atoms with Crippen LogP contribution in [-0.2, 0) is 0 Å². The summed E-state index contributed by atoms with van der Waals surface area (Å²) in [7, 11) is 1.63. The molecule has 1 aromatic carbocycles. The molecule has 0 bridgehead atoms. The number of hydrogen-bond acceptors (Lipinski definition) is 2. The second-order valence-electron chi connectivity index (χ2n) is 2.39. The average molecular weight is 180 g/mol. The number of benzene rings is 1. The van der Waals surface area contributed by atoms with Crippen LogP contribution in [0.5, 0.6) is 0 Å². The Morgan fingerprint density at radius 1 is 1.23 bits per heavy atom. The van der Waals surface area contributed by atoms with Gasteiger partial charge in [0, 0.05) is 7.05 Å². The first-order chi connectivity index (χ1) is 6.25. The maximum Gasteiger partial charge on any atom is 0.0652 e. The molecule has 1 aromatic rings. The van der Waals surface area contributed by atoms with Gasteiger partial charge in [-0.15, -0.1) is 4.91 Å². The van der Waals surface area contributed by atoms with E-state index >= 15 is 0 Å². The Bertz CT molecular complexity index is 261. The molecule has 1 rings (SSSR count). The lowest BCUT2D eigenvalue weighted by molar-refractivity contribution is 0.995. The zero-order chi connectivity index (χ0) is 10.3. The topological polar surface area (TPSA) is 32.7 Å². The summed E-state index contributed by atoms with van der Waals surface area (Å²) in [6.07, 6.45) is 0. The highest BCUT2D eigenvalue weighted by Crippen LogP contribution is 2.17. The molecule has 0 aliphatic heterocycles. The van der Waals surface area contributed by atoms with E-state index in [0.717, 1.165) is 11.3 Å². The van der Waals surface area contributed by atoms with Crippen LogP contribution < -0.4 is 5.01 Å². The van der Waals surface area contributed by atoms with Gasteiger partial charge in [-0.2, -0.15) is 0 Å². The van der Waals surface area contributed by atoms with E-state index in [4.69, 9.17) is 0 Å². The summed E-state index contributed by atoms with van der Waals surface area (Å²) in [5.41, 5.74) is 1.90. The third-order valence-electron chi connectivity index (χ3n) is 1.59. The molecule has 3 heteroatoms. The van der Waals surface area contributed by atoms with Crippen LogP contribution in [0.25, 0.3) is 0 Å². The van der Waals surface area contributed by atoms with Crippen molar-refractivity contribution in [3.05, 3.63) is 34.7 Å². The molecule has 0 aromatic heterocycles. The maximum atomic E-state index is 10.1. The molecule has 0 saturated heterocycles. The summed E-state index contributed by atoms with van der Waals surface area (Å²) in [4.78, 5) is 10.1. The van der Waals surface area contributed by atoms with Crippen molar-refractivity contribution in [1.82, 2.24) is 0 Å². The van der Waals surface area contributed by atoms with Crippen molar-refractivity contribution in [2.75, 3.05) is 12.1 Å². The van der Waals surface area contributed by atoms with Gasteiger partial charge in [-0.1, -0.05) is 32.0 Å². The molecule has 0 unspecified atom stereocenters. The van der Waals surface area contributed by atoms with Gasteiger partial charge in [0.1, 0.15) is 0 Å². The summed E-state index contributed by atoms with van der Waals surface area (Å²) in [6.45, 7) is 5.94. The third kappa shape index (κ3) is 3.23. The zero-order valence-electron chi connectivity index (χ0n) is 8.61. The largest absolute Gasteiger partial charge is 0.232 e. The Hall–Kier alpha value is -1.38. The predicted octanol–water partition coefficient (Wildman–Crippen LogP) is 3.14. The molecule has 72 valence electrons. The summed E-state index contributed by atoms with van der Waals surface area (Å²) < 4.78 is 0. The second kappa shape index (κ2) is 6.17. The van der Waals surface area contributed by atoms with E-state index in [1.54, 1.807) is 7.05 Å². The molecule has 0 radical (unpaired) electrons. The van der Waals surface area contributed by atoms with Crippen LogP contribution in [0, 0.1) is 11.8 Å². The van der Waals surface area contributed by atoms with E-state index in [2.05, 4.69) is 5.29 Å². The van der Waals surface area contributed by atoms with Crippen LogP contribution in [0.2, 0.25) is 0 Å². The lowest BCUT2D eigenvalue weighted by Crippen LogP contribution is -2.07. The fraction of sp³-hybridized carbons (Fsp3) is 0.400. The lowest BCUT2D eigenvalue weighted by atomic mass is 10.2. The Labute approximate surface area is 79.3 Å². The normalized spacial score (nSPS) is 8.31. The number of rotatable bonds is 2. The fourth-order valence-electron chi connectivity index (χ4n) is 0.970. The van der Waals surface area contributed by atoms with Gasteiger partial charge in [-0.05, 0) is 18.6 Å². The highest BCUT2D eigenvalue weighted by atomic mass is 16.3. The first kappa shape index (κ1) is 11.6. The predicted molar refractivity (Wildman–Crippen MR) is 56.7 cm³/mol. The van der Waals surface area contributed by atoms with Crippen molar-refractivity contribution in [1.29, 1.82) is 0 Å². The molecule has 0 aliphatic carbocycles. The van der Waals surface area contributed by atoms with Gasteiger partial charge in [0.05, 0.1) is 11.0 Å². The van der Waals surface area contributed by atoms with Gasteiger partial charge in [0.25, 0.3) is 0 Å². The molecule has 0 heterocycles. The van der Waals surface area contributed by atoms with Crippen molar-refractivity contribution in [3.8, 4) is 0 Å². The minimum absolute atomic E-state index is 0.850. The van der Waals surface area contributed by atoms with Crippen LogP contribution in [0.1, 0.15) is 19.4 Å². The summed E-state index contributed by atoms with van der Waals surface area (Å²) in [6, 6.07) is 7.61. The smallest absolute Gasteiger partial charge is 0.0652 e. The molecule has 0 saturated carbocycles. The Morgan fingerprint density at radius 3 is 2.23 bits per heavy atom. The molecule has 0 spiro atoms. The quantitative estimate of drug-likeness (QED) is 0.517. The zero-order valence-corrected chi connectivity index (χ0v) is 8.61. The first-order valence-electron chi connectivity index (χ1n) is 4.38. The fourth-order valence-corrected chi connectivity index (χ4v) is 0.970. The number of hydrogen-bond donors (Lipinski definition) is 0. The summed E-state index contributed by atoms with van der Waals surface area (Å²) >= 11 is 0. The van der Waals surface area contributed by atoms with Gasteiger partial charge < -0.3 is 0 Å². The van der Waals surface area contributed by atoms with E-state index in [1.807, 2.05) is 45.0 Å². The summed E-state index contributed by atoms with van der Waals surface area (Å²) in [5.74, 6) is 0. The van der Waals surface area contributed by atoms with Crippen molar-refractivity contribution in [3.63, 3.8) is 0 Å². The molecule has 0 amide bonds. The second-order valence-corrected chi connectivity index (χ2v) is 2.39. The van der Waals surface area contributed by atoms with Crippen molar-refractivity contribution in [2.45, 2.75) is 20.8 Å². The van der Waals surface area contributed by atoms with E-state index in [9.17, 15) is 4.91 Å². The monoisotopic (exact) mass is 180 g/mol. The number of para-hydroxylation sites is 1. The van der Waals surface area contributed by atoms with Crippen LogP contribution in [0.15, 0.2) is 29.6 Å². The molecule has 0 fully saturated rings. The molecule has 0 atom stereocenters. The first-order valence-corrected chi connectivity index (χ1v) is 4.38. The lowest BCUT2D eigenvalue weighted by Gasteiger charge is -2.10. The van der Waals surface area contributed by atoms with E-state index in [-0.39, 0.29) is 0 Å². The van der Waals surface area contributed by atoms with Crippen LogP contribution >= 0.6 is 0 Å². The van der Waals surface area contributed by atoms with Crippen molar-refractivity contribution < 1.29 is 0 Å². The molecular formula is C10H16N2O. The minimum Gasteiger partial charge on any atom is -0.232 e. The van der Waals surface area contributed by atoms with Gasteiger partial charge in [-0.3, -0.25) is 0 Å². The Balaban J connectivity index is 0.000000671. The standard InChI is InChI=1S/C8H10N2O.C2H6/c1-7-5-3-4-6-8(7)10(2)9-11;1-2/h3-6H,1-2H3;1-2H3. The molecule has 0 aliphatic rings. The van der Waals surface area contributed by atoms with Crippen LogP contribution in [0.3, 0.4) is 0 Å². The number of anilines is 1. The molecule has 13 heavy (non-hydrogen) atoms. The van der Waals surface area contributed by atoms with E-state index in [0.29, 0.717) is 0 Å². The van der Waals surface area contributed by atoms with Gasteiger partial charge in [-0.25, -0.2) is 5.01 Å². The maximum absolute atomic E-state index is 10.1. The van der Waals surface area contributed by atoms with E-state index < -0.39 is 0 Å². The molecule has 0 N–H and O–H groups in total. The summed E-state index contributed by atoms with van der Waals surface area (Å²) in [5, 5.41) is 4.12. The van der Waals surface area contributed by atoms with Crippen LogP contribution in [-0.4, -0.2) is 7.05 Å². The average Bonchev–Trinajstić information content (AvgIpc) is 2.20. The van der Waals surface area contributed by atoms with Crippen molar-refractivity contribution >= 4 is 5.69 Å². The number of nitrogens with zero attached hydrogens (tertiary/aromatic N) is 2. The SMILES string of the molecule is CC.Cc1ccccc1N(C)N=O. The van der Waals surface area contributed by atoms with Gasteiger partial charge >= 0.3 is 0 Å². The van der Waals surface area contributed by atoms with Gasteiger partial charge in [0.2, 0.25) is 0 Å². The molecule has 3 nitrogen and oxygen atoms in total. The molecular weight excluding hydrogens is 164 g/mol. The van der Waals surface area contributed by atoms with Gasteiger partial charge in [0.15, 0.2) is 0 Å². The minimum atomic E-state index is 0.850. The Kier molecular flexibility index (Phi) is 5.52.